The molecule has 1 fully saturated rings. The number of hydrogen-bond acceptors (Lipinski definition) is 8. The maximum atomic E-state index is 13.1. The lowest BCUT2D eigenvalue weighted by Crippen LogP contribution is -2.70. The lowest BCUT2D eigenvalue weighted by atomic mass is 9.71. The Hall–Kier alpha value is -4.52. The molecule has 5 atom stereocenters. The number of ether oxygens (including phenoxy) is 2. The molecule has 2 aromatic rings. The van der Waals surface area contributed by atoms with E-state index in [4.69, 9.17) is 9.47 Å². The number of aromatic hydroxyl groups is 1. The summed E-state index contributed by atoms with van der Waals surface area (Å²) in [5.41, 5.74) is 6.04. The second-order valence-electron chi connectivity index (χ2n) is 11.9. The Morgan fingerprint density at radius 2 is 1.98 bits per heavy atom. The van der Waals surface area contributed by atoms with E-state index >= 15 is 0 Å². The number of aryl methyl sites for hydroxylation is 1. The van der Waals surface area contributed by atoms with Crippen LogP contribution in [-0.2, 0) is 20.7 Å². The predicted octanol–water partition coefficient (Wildman–Crippen LogP) is 4.69. The fourth-order valence-electron chi connectivity index (χ4n) is 7.41. The van der Waals surface area contributed by atoms with Gasteiger partial charge in [-0.15, -0.1) is 0 Å². The van der Waals surface area contributed by atoms with Crippen LogP contribution in [0.5, 0.6) is 5.75 Å². The first kappa shape index (κ1) is 29.5. The summed E-state index contributed by atoms with van der Waals surface area (Å²) in [5.74, 6) is 0.585. The van der Waals surface area contributed by atoms with Gasteiger partial charge in [-0.2, -0.15) is 5.26 Å². The lowest BCUT2D eigenvalue weighted by Gasteiger charge is -2.60. The highest BCUT2D eigenvalue weighted by Crippen LogP contribution is 2.52. The zero-order valence-electron chi connectivity index (χ0n) is 25.4. The topological polar surface area (TPSA) is 118 Å². The van der Waals surface area contributed by atoms with Gasteiger partial charge in [-0.1, -0.05) is 36.4 Å². The zero-order chi connectivity index (χ0) is 31.1. The molecule has 1 amide bonds. The molecular weight excluding hydrogens is 556 g/mol. The van der Waals surface area contributed by atoms with Gasteiger partial charge in [0.15, 0.2) is 5.76 Å². The van der Waals surface area contributed by atoms with Crippen molar-refractivity contribution in [2.45, 2.75) is 63.8 Å². The third-order valence-electron chi connectivity index (χ3n) is 9.64. The minimum absolute atomic E-state index is 0.0422. The first-order valence-corrected chi connectivity index (χ1v) is 15.0. The second-order valence-corrected chi connectivity index (χ2v) is 11.9. The number of allylic oxidation sites excluding steroid dienone is 2. The van der Waals surface area contributed by atoms with Crippen LogP contribution >= 0.6 is 0 Å². The highest BCUT2D eigenvalue weighted by atomic mass is 16.7. The molecule has 1 unspecified atom stereocenters. The van der Waals surface area contributed by atoms with Gasteiger partial charge in [-0.3, -0.25) is 14.6 Å². The van der Waals surface area contributed by atoms with E-state index in [1.54, 1.807) is 19.1 Å². The molecule has 228 valence electrons. The first-order valence-electron chi connectivity index (χ1n) is 15.0. The Balaban J connectivity index is 1.47. The molecule has 2 bridgehead atoms. The van der Waals surface area contributed by atoms with Gasteiger partial charge < -0.3 is 25.0 Å². The number of piperazine rings is 1. The summed E-state index contributed by atoms with van der Waals surface area (Å²) in [6.07, 6.45) is 7.44. The standard InChI is InChI=1S/C35H38N4O5/c1-5-29(40)24-15-26-34-32-23(13-20(2)21(3)35(32)42)14-25(38(34)4)27(16-36)39(26)28(33(24)30-18-43-19-44-30)17-37-31(41)12-11-22-9-7-6-8-10-22/h5-13,18,25-28,34,40,42H,14-15,17,19H2,1-4H3,(H,37,41)/b12-11+,29-5-/t25-,26?,27-,28-,34-/m0/s1. The molecule has 4 aliphatic heterocycles. The maximum absolute atomic E-state index is 13.1. The van der Waals surface area contributed by atoms with Crippen LogP contribution in [-0.4, -0.2) is 70.5 Å². The van der Waals surface area contributed by atoms with Crippen molar-refractivity contribution in [3.63, 3.8) is 0 Å². The highest BCUT2D eigenvalue weighted by Gasteiger charge is 2.56. The van der Waals surface area contributed by atoms with Crippen molar-refractivity contribution in [3.05, 3.63) is 105 Å². The van der Waals surface area contributed by atoms with Crippen molar-refractivity contribution in [2.24, 2.45) is 0 Å². The molecule has 6 rings (SSSR count). The van der Waals surface area contributed by atoms with Crippen LogP contribution in [0.4, 0.5) is 0 Å². The number of nitrogens with zero attached hydrogens (tertiary/aromatic N) is 3. The average Bonchev–Trinajstić information content (AvgIpc) is 3.57. The Bertz CT molecular complexity index is 1640. The van der Waals surface area contributed by atoms with Gasteiger partial charge in [0.05, 0.1) is 18.2 Å². The lowest BCUT2D eigenvalue weighted by molar-refractivity contribution is -0.117. The number of nitrogens with one attached hydrogen (secondary N) is 1. The predicted molar refractivity (Wildman–Crippen MR) is 166 cm³/mol. The summed E-state index contributed by atoms with van der Waals surface area (Å²) in [5, 5.41) is 36.6. The number of carbonyl (C=O) groups is 1. The summed E-state index contributed by atoms with van der Waals surface area (Å²) in [7, 11) is 2.02. The number of benzene rings is 2. The number of aliphatic hydroxyl groups excluding tert-OH is 1. The molecule has 4 aliphatic rings. The van der Waals surface area contributed by atoms with E-state index in [0.717, 1.165) is 27.8 Å². The first-order chi connectivity index (χ1) is 21.2. The summed E-state index contributed by atoms with van der Waals surface area (Å²) in [6.45, 7) is 5.90. The van der Waals surface area contributed by atoms with Crippen LogP contribution in [0.3, 0.4) is 0 Å². The number of phenols is 1. The number of carbonyl (C=O) groups excluding carboxylic acids is 1. The van der Waals surface area contributed by atoms with E-state index in [9.17, 15) is 20.3 Å². The summed E-state index contributed by atoms with van der Waals surface area (Å²) < 4.78 is 11.3. The Labute approximate surface area is 258 Å². The van der Waals surface area contributed by atoms with Gasteiger partial charge in [0, 0.05) is 41.4 Å². The number of likely N-dealkylation sites (N-methyl/N-ethyl adjacent to an activating group) is 1. The SMILES string of the molecule is C/C=C(\O)C1=C(C2=COCO2)[C@H](CNC(=O)/C=C/c2ccccc2)N2C(C1)[C@H]1c3c(cc(C)c(C)c3O)C[C@@H]([C@@H]2C#N)N1C. The van der Waals surface area contributed by atoms with Crippen molar-refractivity contribution in [1.82, 2.24) is 15.1 Å². The third-order valence-corrected chi connectivity index (χ3v) is 9.64. The molecule has 44 heavy (non-hydrogen) atoms. The van der Waals surface area contributed by atoms with Crippen LogP contribution in [0.1, 0.15) is 47.2 Å². The molecule has 0 radical (unpaired) electrons. The van der Waals surface area contributed by atoms with Crippen molar-refractivity contribution >= 4 is 12.0 Å². The maximum Gasteiger partial charge on any atom is 0.244 e. The monoisotopic (exact) mass is 594 g/mol. The number of hydrogen-bond donors (Lipinski definition) is 3. The molecular formula is C35H38N4O5. The number of amides is 1. The molecule has 4 heterocycles. The van der Waals surface area contributed by atoms with Gasteiger partial charge in [-0.25, -0.2) is 0 Å². The van der Waals surface area contributed by atoms with Crippen molar-refractivity contribution < 1.29 is 24.5 Å². The van der Waals surface area contributed by atoms with Gasteiger partial charge in [0.2, 0.25) is 12.7 Å². The van der Waals surface area contributed by atoms with Crippen LogP contribution in [0.2, 0.25) is 0 Å². The van der Waals surface area contributed by atoms with E-state index in [1.165, 1.54) is 12.3 Å². The van der Waals surface area contributed by atoms with Crippen LogP contribution in [0.15, 0.2) is 77.5 Å². The van der Waals surface area contributed by atoms with Crippen molar-refractivity contribution in [3.8, 4) is 11.8 Å². The molecule has 1 saturated heterocycles. The molecule has 0 aliphatic carbocycles. The van der Waals surface area contributed by atoms with Gasteiger partial charge in [0.25, 0.3) is 0 Å². The zero-order valence-corrected chi connectivity index (χ0v) is 25.4. The molecule has 3 N–H and O–H groups in total. The number of nitriles is 1. The fourth-order valence-corrected chi connectivity index (χ4v) is 7.41. The van der Waals surface area contributed by atoms with E-state index < -0.39 is 12.1 Å². The Kier molecular flexibility index (Phi) is 7.97. The number of fused-ring (bicyclic) bond motifs is 6. The van der Waals surface area contributed by atoms with Crippen LogP contribution in [0, 0.1) is 25.2 Å². The molecule has 0 aromatic heterocycles. The van der Waals surface area contributed by atoms with E-state index in [0.29, 0.717) is 29.7 Å². The van der Waals surface area contributed by atoms with Crippen LogP contribution < -0.4 is 5.32 Å². The minimum Gasteiger partial charge on any atom is -0.508 e. The normalized spacial score (nSPS) is 26.8. The number of aliphatic hydroxyl groups is 1. The minimum atomic E-state index is -0.535. The molecule has 9 nitrogen and oxygen atoms in total. The number of rotatable bonds is 6. The summed E-state index contributed by atoms with van der Waals surface area (Å²) >= 11 is 0. The van der Waals surface area contributed by atoms with E-state index in [2.05, 4.69) is 27.3 Å². The second kappa shape index (κ2) is 11.9. The summed E-state index contributed by atoms with van der Waals surface area (Å²) in [6, 6.07) is 12.6. The Morgan fingerprint density at radius 1 is 1.20 bits per heavy atom. The van der Waals surface area contributed by atoms with Crippen molar-refractivity contribution in [2.75, 3.05) is 20.4 Å². The van der Waals surface area contributed by atoms with Crippen LogP contribution in [0.25, 0.3) is 6.08 Å². The van der Waals surface area contributed by atoms with Crippen molar-refractivity contribution in [1.29, 1.82) is 5.26 Å². The quantitative estimate of drug-likeness (QED) is 0.326. The largest absolute Gasteiger partial charge is 0.508 e. The smallest absolute Gasteiger partial charge is 0.244 e. The highest BCUT2D eigenvalue weighted by molar-refractivity contribution is 5.91. The van der Waals surface area contributed by atoms with E-state index in [-0.39, 0.29) is 48.9 Å². The molecule has 0 spiro atoms. The Morgan fingerprint density at radius 3 is 2.66 bits per heavy atom. The third kappa shape index (κ3) is 4.94. The van der Waals surface area contributed by atoms with Gasteiger partial charge in [-0.05, 0) is 75.1 Å². The molecule has 0 saturated carbocycles. The van der Waals surface area contributed by atoms with Gasteiger partial charge >= 0.3 is 0 Å². The molecule has 9 heteroatoms. The number of phenolic OH excluding ortho intramolecular Hbond substituents is 1. The average molecular weight is 595 g/mol. The summed E-state index contributed by atoms with van der Waals surface area (Å²) in [4.78, 5) is 17.5. The van der Waals surface area contributed by atoms with Gasteiger partial charge in [0.1, 0.15) is 23.8 Å². The molecule has 2 aromatic carbocycles. The van der Waals surface area contributed by atoms with E-state index in [1.807, 2.05) is 51.2 Å². The fraction of sp³-hybridized carbons (Fsp3) is 0.371.